The highest BCUT2D eigenvalue weighted by molar-refractivity contribution is 6.36. The summed E-state index contributed by atoms with van der Waals surface area (Å²) >= 11 is 36.3. The third kappa shape index (κ3) is 4.59. The number of hydrogen-bond donors (Lipinski definition) is 0. The van der Waals surface area contributed by atoms with E-state index in [9.17, 15) is 0 Å². The number of rotatable bonds is 4. The van der Waals surface area contributed by atoms with Crippen LogP contribution in [0.2, 0.25) is 30.7 Å². The summed E-state index contributed by atoms with van der Waals surface area (Å²) in [6.45, 7) is 0. The van der Waals surface area contributed by atoms with Crippen molar-refractivity contribution in [2.45, 2.75) is 0 Å². The predicted molar refractivity (Wildman–Crippen MR) is 118 cm³/mol. The molecule has 0 unspecified atom stereocenters. The summed E-state index contributed by atoms with van der Waals surface area (Å²) < 4.78 is 11.6. The quantitative estimate of drug-likeness (QED) is 0.253. The lowest BCUT2D eigenvalue weighted by atomic mass is 10.3. The molecule has 12 heteroatoms. The number of benzene rings is 2. The van der Waals surface area contributed by atoms with E-state index < -0.39 is 0 Å². The number of halogens is 6. The Morgan fingerprint density at radius 3 is 1.30 bits per heavy atom. The molecule has 4 aromatic rings. The van der Waals surface area contributed by atoms with Crippen LogP contribution < -0.4 is 9.47 Å². The fourth-order valence-corrected chi connectivity index (χ4v) is 3.60. The zero-order valence-electron chi connectivity index (χ0n) is 14.3. The maximum absolute atomic E-state index is 6.18. The van der Waals surface area contributed by atoms with Gasteiger partial charge in [0.25, 0.3) is 11.8 Å². The second kappa shape index (κ2) is 8.75. The lowest BCUT2D eigenvalue weighted by molar-refractivity contribution is 0.458. The zero-order chi connectivity index (χ0) is 21.4. The molecule has 0 spiro atoms. The molecule has 152 valence electrons. The highest BCUT2D eigenvalue weighted by Crippen LogP contribution is 2.38. The fraction of sp³-hybridized carbons (Fsp3) is 0. The molecule has 6 nitrogen and oxygen atoms in total. The van der Waals surface area contributed by atoms with Gasteiger partial charge in [0.1, 0.15) is 11.5 Å². The van der Waals surface area contributed by atoms with Crippen molar-refractivity contribution in [1.29, 1.82) is 0 Å². The lowest BCUT2D eigenvalue weighted by Gasteiger charge is -2.12. The Hall–Kier alpha value is -1.80. The summed E-state index contributed by atoms with van der Waals surface area (Å²) in [5.74, 6) is 0.529. The molecule has 0 radical (unpaired) electrons. The Kier molecular flexibility index (Phi) is 6.25. The Morgan fingerprint density at radius 2 is 0.933 bits per heavy atom. The summed E-state index contributed by atoms with van der Waals surface area (Å²) in [5, 5.41) is 1.13. The van der Waals surface area contributed by atoms with Gasteiger partial charge in [-0.3, -0.25) is 0 Å². The van der Waals surface area contributed by atoms with Crippen LogP contribution in [0, 0.1) is 0 Å². The molecule has 0 saturated heterocycles. The normalized spacial score (nSPS) is 11.0. The molecule has 4 rings (SSSR count). The van der Waals surface area contributed by atoms with Crippen LogP contribution in [-0.2, 0) is 0 Å². The van der Waals surface area contributed by atoms with E-state index in [1.807, 2.05) is 0 Å². The average Bonchev–Trinajstić information content (AvgIpc) is 2.67. The Labute approximate surface area is 199 Å². The maximum atomic E-state index is 6.18. The number of ether oxygens (including phenoxy) is 2. The van der Waals surface area contributed by atoms with Crippen LogP contribution in [0.15, 0.2) is 36.4 Å². The van der Waals surface area contributed by atoms with Crippen molar-refractivity contribution < 1.29 is 9.47 Å². The van der Waals surface area contributed by atoms with Crippen LogP contribution in [0.4, 0.5) is 0 Å². The molecule has 0 fully saturated rings. The molecule has 0 aliphatic heterocycles. The number of fused-ring (bicyclic) bond motifs is 1. The molecule has 0 bridgehead atoms. The van der Waals surface area contributed by atoms with Gasteiger partial charge in [0, 0.05) is 10.0 Å². The largest absolute Gasteiger partial charge is 0.435 e. The molecular formula is C18H6Cl6N4O2. The topological polar surface area (TPSA) is 70.0 Å². The minimum absolute atomic E-state index is 0.00873. The molecule has 0 N–H and O–H groups in total. The summed E-state index contributed by atoms with van der Waals surface area (Å²) in [5.41, 5.74) is 0.288. The van der Waals surface area contributed by atoms with E-state index in [0.29, 0.717) is 10.0 Å². The SMILES string of the molecule is Clc1ccc(Oc2nc(Cl)nc3c(Oc4ccc(Cl)cc4Cl)nc(Cl)nc23)c(Cl)c1. The molecule has 0 amide bonds. The number of aromatic nitrogens is 4. The van der Waals surface area contributed by atoms with Crippen LogP contribution in [0.5, 0.6) is 23.3 Å². The van der Waals surface area contributed by atoms with Gasteiger partial charge < -0.3 is 9.47 Å². The number of nitrogens with zero attached hydrogens (tertiary/aromatic N) is 4. The minimum atomic E-state index is -0.138. The summed E-state index contributed by atoms with van der Waals surface area (Å²) in [7, 11) is 0. The van der Waals surface area contributed by atoms with Crippen molar-refractivity contribution in [1.82, 2.24) is 19.9 Å². The second-order valence-corrected chi connectivity index (χ2v) is 8.01. The van der Waals surface area contributed by atoms with Crippen molar-refractivity contribution in [2.24, 2.45) is 0 Å². The van der Waals surface area contributed by atoms with Gasteiger partial charge in [-0.25, -0.2) is 9.97 Å². The van der Waals surface area contributed by atoms with Crippen molar-refractivity contribution in [3.63, 3.8) is 0 Å². The molecule has 2 aromatic heterocycles. The molecule has 2 heterocycles. The molecule has 0 saturated carbocycles. The molecule has 30 heavy (non-hydrogen) atoms. The van der Waals surface area contributed by atoms with E-state index >= 15 is 0 Å². The van der Waals surface area contributed by atoms with Crippen LogP contribution in [0.1, 0.15) is 0 Å². The fourth-order valence-electron chi connectivity index (χ4n) is 2.38. The first-order chi connectivity index (χ1) is 14.3. The molecule has 0 aliphatic carbocycles. The van der Waals surface area contributed by atoms with Crippen LogP contribution in [-0.4, -0.2) is 19.9 Å². The van der Waals surface area contributed by atoms with Gasteiger partial charge in [-0.15, -0.1) is 0 Å². The van der Waals surface area contributed by atoms with Crippen molar-refractivity contribution in [3.05, 3.63) is 67.1 Å². The van der Waals surface area contributed by atoms with Crippen LogP contribution >= 0.6 is 69.6 Å². The van der Waals surface area contributed by atoms with E-state index in [1.54, 1.807) is 24.3 Å². The van der Waals surface area contributed by atoms with E-state index in [-0.39, 0.29) is 54.9 Å². The van der Waals surface area contributed by atoms with E-state index in [2.05, 4.69) is 19.9 Å². The highest BCUT2D eigenvalue weighted by atomic mass is 35.5. The minimum Gasteiger partial charge on any atom is -0.435 e. The molecule has 0 aliphatic rings. The Morgan fingerprint density at radius 1 is 0.533 bits per heavy atom. The third-order valence-electron chi connectivity index (χ3n) is 3.63. The van der Waals surface area contributed by atoms with Crippen molar-refractivity contribution in [2.75, 3.05) is 0 Å². The predicted octanol–water partition coefficient (Wildman–Crippen LogP) is 7.92. The average molecular weight is 523 g/mol. The van der Waals surface area contributed by atoms with Gasteiger partial charge >= 0.3 is 0 Å². The van der Waals surface area contributed by atoms with E-state index in [4.69, 9.17) is 79.1 Å². The second-order valence-electron chi connectivity index (χ2n) is 5.65. The molecular weight excluding hydrogens is 517 g/mol. The first-order valence-electron chi connectivity index (χ1n) is 7.97. The molecule has 2 aromatic carbocycles. The van der Waals surface area contributed by atoms with Crippen LogP contribution in [0.25, 0.3) is 11.0 Å². The van der Waals surface area contributed by atoms with Crippen molar-refractivity contribution >= 4 is 80.6 Å². The van der Waals surface area contributed by atoms with E-state index in [1.165, 1.54) is 12.1 Å². The van der Waals surface area contributed by atoms with Gasteiger partial charge in [-0.1, -0.05) is 46.4 Å². The standard InChI is InChI=1S/C18H6Cl6N4O2/c19-7-1-3-11(9(21)5-7)29-15-13-14(26-17(23)27-15)16(28-18(24)25-13)30-12-4-2-8(20)6-10(12)22/h1-6H. The van der Waals surface area contributed by atoms with E-state index in [0.717, 1.165) is 0 Å². The first kappa shape index (κ1) is 21.4. The summed E-state index contributed by atoms with van der Waals surface area (Å²) in [6, 6.07) is 9.38. The van der Waals surface area contributed by atoms with Gasteiger partial charge in [0.2, 0.25) is 10.6 Å². The lowest BCUT2D eigenvalue weighted by Crippen LogP contribution is -2.00. The van der Waals surface area contributed by atoms with Gasteiger partial charge in [0.15, 0.2) is 11.0 Å². The third-order valence-corrected chi connectivity index (χ3v) is 5.03. The smallest absolute Gasteiger partial charge is 0.250 e. The van der Waals surface area contributed by atoms with Gasteiger partial charge in [0.05, 0.1) is 10.0 Å². The summed E-state index contributed by atoms with van der Waals surface area (Å²) in [6.07, 6.45) is 0. The van der Waals surface area contributed by atoms with Gasteiger partial charge in [-0.2, -0.15) is 9.97 Å². The molecule has 0 atom stereocenters. The highest BCUT2D eigenvalue weighted by Gasteiger charge is 2.20. The zero-order valence-corrected chi connectivity index (χ0v) is 18.9. The summed E-state index contributed by atoms with van der Waals surface area (Å²) in [4.78, 5) is 16.4. The first-order valence-corrected chi connectivity index (χ1v) is 10.2. The Balaban J connectivity index is 1.83. The maximum Gasteiger partial charge on any atom is 0.250 e. The van der Waals surface area contributed by atoms with Crippen molar-refractivity contribution in [3.8, 4) is 23.3 Å². The number of hydrogen-bond acceptors (Lipinski definition) is 6. The Bertz CT molecular complexity index is 1190. The monoisotopic (exact) mass is 520 g/mol. The van der Waals surface area contributed by atoms with Gasteiger partial charge in [-0.05, 0) is 59.6 Å². The van der Waals surface area contributed by atoms with Crippen LogP contribution in [0.3, 0.4) is 0 Å².